The molecule has 0 unspecified atom stereocenters. The third kappa shape index (κ3) is 3.20. The molecule has 0 amide bonds. The molecule has 1 fully saturated rings. The zero-order valence-corrected chi connectivity index (χ0v) is 15.3. The molecule has 1 aliphatic heterocycles. The number of aromatic nitrogens is 1. The first kappa shape index (κ1) is 17.1. The Balaban J connectivity index is 1.41. The van der Waals surface area contributed by atoms with Gasteiger partial charge >= 0.3 is 0 Å². The highest BCUT2D eigenvalue weighted by Crippen LogP contribution is 2.28. The fourth-order valence-corrected chi connectivity index (χ4v) is 4.58. The number of hydrogen-bond donors (Lipinski definition) is 0. The molecule has 1 saturated heterocycles. The summed E-state index contributed by atoms with van der Waals surface area (Å²) in [5.74, 6) is 1.61. The van der Waals surface area contributed by atoms with Crippen LogP contribution in [-0.2, 0) is 16.4 Å². The van der Waals surface area contributed by atoms with Gasteiger partial charge < -0.3 is 9.15 Å². The average molecular weight is 372 g/mol. The summed E-state index contributed by atoms with van der Waals surface area (Å²) in [7, 11) is -3.51. The molecule has 6 nitrogen and oxygen atoms in total. The molecule has 0 spiro atoms. The molecule has 2 heterocycles. The summed E-state index contributed by atoms with van der Waals surface area (Å²) in [5.41, 5.74) is 1.19. The largest absolute Gasteiger partial charge is 0.493 e. The Bertz CT molecular complexity index is 1010. The van der Waals surface area contributed by atoms with Crippen molar-refractivity contribution < 1.29 is 17.6 Å². The Hall–Kier alpha value is -2.38. The van der Waals surface area contributed by atoms with Crippen LogP contribution >= 0.6 is 0 Å². The SMILES string of the molecule is CCc1nc2cc(S(=O)(=O)N3CC(COc4ccccc4)C3)ccc2o1. The minimum absolute atomic E-state index is 0.201. The Labute approximate surface area is 152 Å². The quantitative estimate of drug-likeness (QED) is 0.665. The van der Waals surface area contributed by atoms with Crippen molar-refractivity contribution in [1.29, 1.82) is 0 Å². The van der Waals surface area contributed by atoms with Crippen LogP contribution in [0.25, 0.3) is 11.1 Å². The first-order chi connectivity index (χ1) is 12.6. The van der Waals surface area contributed by atoms with E-state index in [2.05, 4.69) is 4.98 Å². The number of sulfonamides is 1. The van der Waals surface area contributed by atoms with Crippen LogP contribution in [0.1, 0.15) is 12.8 Å². The maximum absolute atomic E-state index is 12.8. The van der Waals surface area contributed by atoms with Gasteiger partial charge in [0, 0.05) is 25.4 Å². The van der Waals surface area contributed by atoms with Crippen molar-refractivity contribution in [3.05, 3.63) is 54.4 Å². The van der Waals surface area contributed by atoms with Crippen molar-refractivity contribution in [1.82, 2.24) is 9.29 Å². The van der Waals surface area contributed by atoms with Crippen molar-refractivity contribution in [2.75, 3.05) is 19.7 Å². The summed E-state index contributed by atoms with van der Waals surface area (Å²) in [6.07, 6.45) is 0.673. The number of rotatable bonds is 6. The fourth-order valence-electron chi connectivity index (χ4n) is 2.97. The lowest BCUT2D eigenvalue weighted by molar-refractivity contribution is 0.130. The molecule has 0 bridgehead atoms. The van der Waals surface area contributed by atoms with E-state index >= 15 is 0 Å². The van der Waals surface area contributed by atoms with E-state index in [1.165, 1.54) is 4.31 Å². The van der Waals surface area contributed by atoms with Crippen LogP contribution in [0.15, 0.2) is 57.8 Å². The van der Waals surface area contributed by atoms with E-state index < -0.39 is 10.0 Å². The lowest BCUT2D eigenvalue weighted by atomic mass is 10.1. The van der Waals surface area contributed by atoms with Gasteiger partial charge in [-0.05, 0) is 30.3 Å². The molecule has 4 rings (SSSR count). The maximum Gasteiger partial charge on any atom is 0.243 e. The van der Waals surface area contributed by atoms with E-state index in [1.54, 1.807) is 18.2 Å². The number of para-hydroxylation sites is 1. The summed E-state index contributed by atoms with van der Waals surface area (Å²) >= 11 is 0. The van der Waals surface area contributed by atoms with Crippen LogP contribution in [0, 0.1) is 5.92 Å². The second-order valence-electron chi connectivity index (χ2n) is 6.40. The average Bonchev–Trinajstić information content (AvgIpc) is 3.03. The normalized spacial score (nSPS) is 15.9. The van der Waals surface area contributed by atoms with Gasteiger partial charge in [0.25, 0.3) is 0 Å². The Morgan fingerprint density at radius 3 is 2.69 bits per heavy atom. The van der Waals surface area contributed by atoms with Crippen LogP contribution in [0.5, 0.6) is 5.75 Å². The first-order valence-corrected chi connectivity index (χ1v) is 10.1. The zero-order valence-electron chi connectivity index (χ0n) is 14.5. The van der Waals surface area contributed by atoms with Gasteiger partial charge in [-0.1, -0.05) is 25.1 Å². The van der Waals surface area contributed by atoms with Gasteiger partial charge in [0.15, 0.2) is 11.5 Å². The molecule has 2 aromatic carbocycles. The second-order valence-corrected chi connectivity index (χ2v) is 8.34. The van der Waals surface area contributed by atoms with Crippen molar-refractivity contribution in [3.63, 3.8) is 0 Å². The van der Waals surface area contributed by atoms with E-state index in [1.807, 2.05) is 37.3 Å². The van der Waals surface area contributed by atoms with Gasteiger partial charge in [0.2, 0.25) is 10.0 Å². The molecule has 0 saturated carbocycles. The van der Waals surface area contributed by atoms with Gasteiger partial charge in [0.05, 0.1) is 11.5 Å². The monoisotopic (exact) mass is 372 g/mol. The highest BCUT2D eigenvalue weighted by atomic mass is 32.2. The number of nitrogens with zero attached hydrogens (tertiary/aromatic N) is 2. The molecule has 3 aromatic rings. The fraction of sp³-hybridized carbons (Fsp3) is 0.316. The van der Waals surface area contributed by atoms with Crippen LogP contribution in [0.2, 0.25) is 0 Å². The van der Waals surface area contributed by atoms with E-state index in [-0.39, 0.29) is 10.8 Å². The standard InChI is InChI=1S/C19H20N2O4S/c1-2-19-20-17-10-16(8-9-18(17)25-19)26(22,23)21-11-14(12-21)13-24-15-6-4-3-5-7-15/h3-10,14H,2,11-13H2,1H3. The molecule has 0 atom stereocenters. The Morgan fingerprint density at radius 1 is 1.19 bits per heavy atom. The number of benzene rings is 2. The Morgan fingerprint density at radius 2 is 1.96 bits per heavy atom. The molecular formula is C19H20N2O4S. The number of fused-ring (bicyclic) bond motifs is 1. The van der Waals surface area contributed by atoms with E-state index in [0.717, 1.165) is 5.75 Å². The highest BCUT2D eigenvalue weighted by molar-refractivity contribution is 7.89. The Kier molecular flexibility index (Phi) is 4.42. The molecule has 1 aromatic heterocycles. The molecule has 0 N–H and O–H groups in total. The highest BCUT2D eigenvalue weighted by Gasteiger charge is 2.37. The van der Waals surface area contributed by atoms with Gasteiger partial charge in [-0.3, -0.25) is 0 Å². The van der Waals surface area contributed by atoms with Gasteiger partial charge in [-0.2, -0.15) is 4.31 Å². The van der Waals surface area contributed by atoms with E-state index in [0.29, 0.717) is 43.1 Å². The molecule has 0 radical (unpaired) electrons. The van der Waals surface area contributed by atoms with Crippen molar-refractivity contribution in [2.45, 2.75) is 18.2 Å². The smallest absolute Gasteiger partial charge is 0.243 e. The molecular weight excluding hydrogens is 352 g/mol. The number of ether oxygens (including phenoxy) is 1. The first-order valence-electron chi connectivity index (χ1n) is 8.63. The van der Waals surface area contributed by atoms with Crippen LogP contribution in [-0.4, -0.2) is 37.4 Å². The van der Waals surface area contributed by atoms with Crippen LogP contribution in [0.4, 0.5) is 0 Å². The van der Waals surface area contributed by atoms with E-state index in [4.69, 9.17) is 9.15 Å². The minimum atomic E-state index is -3.51. The molecule has 0 aliphatic carbocycles. The molecule has 136 valence electrons. The predicted octanol–water partition coefficient (Wildman–Crippen LogP) is 3.09. The van der Waals surface area contributed by atoms with E-state index in [9.17, 15) is 8.42 Å². The number of aryl methyl sites for hydroxylation is 1. The summed E-state index contributed by atoms with van der Waals surface area (Å²) in [4.78, 5) is 4.57. The molecule has 1 aliphatic rings. The van der Waals surface area contributed by atoms with Crippen LogP contribution < -0.4 is 4.74 Å². The van der Waals surface area contributed by atoms with Crippen molar-refractivity contribution >= 4 is 21.1 Å². The third-order valence-corrected chi connectivity index (χ3v) is 6.32. The predicted molar refractivity (Wildman–Crippen MR) is 97.6 cm³/mol. The van der Waals surface area contributed by atoms with Gasteiger partial charge in [-0.15, -0.1) is 0 Å². The lowest BCUT2D eigenvalue weighted by Crippen LogP contribution is -2.51. The summed E-state index contributed by atoms with van der Waals surface area (Å²) in [6, 6.07) is 14.4. The summed E-state index contributed by atoms with van der Waals surface area (Å²) in [5, 5.41) is 0. The summed E-state index contributed by atoms with van der Waals surface area (Å²) in [6.45, 7) is 3.39. The van der Waals surface area contributed by atoms with Gasteiger partial charge in [0.1, 0.15) is 11.3 Å². The number of hydrogen-bond acceptors (Lipinski definition) is 5. The molecule has 7 heteroatoms. The summed E-state index contributed by atoms with van der Waals surface area (Å²) < 4.78 is 38.3. The lowest BCUT2D eigenvalue weighted by Gasteiger charge is -2.37. The van der Waals surface area contributed by atoms with Gasteiger partial charge in [-0.25, -0.2) is 13.4 Å². The minimum Gasteiger partial charge on any atom is -0.493 e. The van der Waals surface area contributed by atoms with Crippen LogP contribution in [0.3, 0.4) is 0 Å². The van der Waals surface area contributed by atoms with Crippen molar-refractivity contribution in [3.8, 4) is 5.75 Å². The topological polar surface area (TPSA) is 72.6 Å². The zero-order chi connectivity index (χ0) is 18.1. The maximum atomic E-state index is 12.8. The van der Waals surface area contributed by atoms with Crippen molar-refractivity contribution in [2.24, 2.45) is 5.92 Å². The second kappa shape index (κ2) is 6.74. The molecule has 26 heavy (non-hydrogen) atoms. The number of oxazole rings is 1. The third-order valence-electron chi connectivity index (χ3n) is 4.50.